The molecule has 7 heteroatoms. The van der Waals surface area contributed by atoms with Crippen LogP contribution in [-0.2, 0) is 6.42 Å². The molecule has 0 bridgehead atoms. The Kier molecular flexibility index (Phi) is 4.44. The average molecular weight is 260 g/mol. The molecule has 0 spiro atoms. The third kappa shape index (κ3) is 3.77. The lowest BCUT2D eigenvalue weighted by atomic mass is 10.3. The summed E-state index contributed by atoms with van der Waals surface area (Å²) in [6.07, 6.45) is 4.05. The molecule has 0 fully saturated rings. The minimum absolute atomic E-state index is 0.227. The van der Waals surface area contributed by atoms with E-state index in [1.165, 1.54) is 0 Å². The highest BCUT2D eigenvalue weighted by Crippen LogP contribution is 2.01. The summed E-state index contributed by atoms with van der Waals surface area (Å²) in [6.45, 7) is 3.26. The fourth-order valence-electron chi connectivity index (χ4n) is 1.55. The molecule has 2 rings (SSSR count). The normalized spacial score (nSPS) is 10.2. The Hall–Kier alpha value is -2.44. The second kappa shape index (κ2) is 6.48. The maximum absolute atomic E-state index is 11.8. The van der Waals surface area contributed by atoms with Gasteiger partial charge in [-0.1, -0.05) is 0 Å². The smallest absolute Gasteiger partial charge is 0.271 e. The zero-order valence-electron chi connectivity index (χ0n) is 10.7. The molecule has 2 aromatic heterocycles. The Morgan fingerprint density at radius 3 is 2.89 bits per heavy atom. The number of carbonyl (C=O) groups is 1. The van der Waals surface area contributed by atoms with E-state index in [4.69, 9.17) is 0 Å². The molecule has 19 heavy (non-hydrogen) atoms. The maximum Gasteiger partial charge on any atom is 0.271 e. The molecule has 100 valence electrons. The van der Waals surface area contributed by atoms with E-state index < -0.39 is 0 Å². The molecule has 0 aromatic carbocycles. The Bertz CT molecular complexity index is 508. The van der Waals surface area contributed by atoms with E-state index in [1.807, 2.05) is 6.92 Å². The van der Waals surface area contributed by atoms with Crippen molar-refractivity contribution in [2.45, 2.75) is 13.3 Å². The van der Waals surface area contributed by atoms with Crippen LogP contribution in [0.4, 0.5) is 5.82 Å². The predicted molar refractivity (Wildman–Crippen MR) is 70.8 cm³/mol. The molecule has 0 radical (unpaired) electrons. The third-order valence-corrected chi connectivity index (χ3v) is 2.49. The summed E-state index contributed by atoms with van der Waals surface area (Å²) >= 11 is 0. The Balaban J connectivity index is 1.82. The molecule has 0 unspecified atom stereocenters. The highest BCUT2D eigenvalue weighted by molar-refractivity contribution is 5.92. The van der Waals surface area contributed by atoms with Crippen molar-refractivity contribution >= 4 is 11.7 Å². The van der Waals surface area contributed by atoms with E-state index in [2.05, 4.69) is 30.8 Å². The summed E-state index contributed by atoms with van der Waals surface area (Å²) in [7, 11) is 0. The van der Waals surface area contributed by atoms with E-state index >= 15 is 0 Å². The van der Waals surface area contributed by atoms with E-state index in [0.29, 0.717) is 24.5 Å². The summed E-state index contributed by atoms with van der Waals surface area (Å²) in [4.78, 5) is 18.7. The van der Waals surface area contributed by atoms with Gasteiger partial charge in [0.1, 0.15) is 5.82 Å². The van der Waals surface area contributed by atoms with E-state index in [9.17, 15) is 4.79 Å². The number of aromatic nitrogens is 4. The predicted octanol–water partition coefficient (Wildman–Crippen LogP) is 0.604. The number of hydrogen-bond donors (Lipinski definition) is 3. The number of anilines is 1. The zero-order chi connectivity index (χ0) is 13.5. The summed E-state index contributed by atoms with van der Waals surface area (Å²) in [5.74, 6) is 0.437. The Labute approximate surface area is 110 Å². The van der Waals surface area contributed by atoms with E-state index in [-0.39, 0.29) is 5.91 Å². The molecule has 7 nitrogen and oxygen atoms in total. The van der Waals surface area contributed by atoms with Gasteiger partial charge >= 0.3 is 0 Å². The molecule has 0 aliphatic rings. The fraction of sp³-hybridized carbons (Fsp3) is 0.333. The van der Waals surface area contributed by atoms with Gasteiger partial charge in [0, 0.05) is 31.4 Å². The molecule has 0 saturated carbocycles. The molecule has 0 aliphatic carbocycles. The average Bonchev–Trinajstić information content (AvgIpc) is 2.93. The van der Waals surface area contributed by atoms with Crippen LogP contribution in [0.25, 0.3) is 0 Å². The number of hydrogen-bond acceptors (Lipinski definition) is 5. The standard InChI is InChI=1S/C12H16N6O/c1-2-14-11-4-3-10(17-18-11)12(19)15-6-5-9-7-13-8-16-9/h3-4,7-8H,2,5-6H2,1H3,(H,13,16)(H,14,18)(H,15,19). The van der Waals surface area contributed by atoms with Crippen LogP contribution >= 0.6 is 0 Å². The fourth-order valence-corrected chi connectivity index (χ4v) is 1.55. The van der Waals surface area contributed by atoms with Crippen molar-refractivity contribution in [3.63, 3.8) is 0 Å². The lowest BCUT2D eigenvalue weighted by Gasteiger charge is -2.04. The number of nitrogens with zero attached hydrogens (tertiary/aromatic N) is 3. The van der Waals surface area contributed by atoms with Gasteiger partial charge in [0.25, 0.3) is 5.91 Å². The van der Waals surface area contributed by atoms with Gasteiger partial charge in [-0.3, -0.25) is 4.79 Å². The number of imidazole rings is 1. The number of H-pyrrole nitrogens is 1. The van der Waals surface area contributed by atoms with Crippen LogP contribution in [-0.4, -0.2) is 39.2 Å². The largest absolute Gasteiger partial charge is 0.369 e. The van der Waals surface area contributed by atoms with E-state index in [1.54, 1.807) is 24.7 Å². The maximum atomic E-state index is 11.8. The first kappa shape index (κ1) is 13.0. The Morgan fingerprint density at radius 1 is 1.37 bits per heavy atom. The van der Waals surface area contributed by atoms with Crippen LogP contribution in [0.1, 0.15) is 23.1 Å². The summed E-state index contributed by atoms with van der Waals surface area (Å²) in [5.41, 5.74) is 1.29. The first-order chi connectivity index (χ1) is 9.29. The monoisotopic (exact) mass is 260 g/mol. The summed E-state index contributed by atoms with van der Waals surface area (Å²) in [6, 6.07) is 3.39. The summed E-state index contributed by atoms with van der Waals surface area (Å²) < 4.78 is 0. The second-order valence-corrected chi connectivity index (χ2v) is 3.92. The van der Waals surface area contributed by atoms with Crippen LogP contribution in [0, 0.1) is 0 Å². The van der Waals surface area contributed by atoms with Crippen molar-refractivity contribution in [1.82, 2.24) is 25.5 Å². The first-order valence-electron chi connectivity index (χ1n) is 6.12. The molecule has 2 aromatic rings. The van der Waals surface area contributed by atoms with Crippen molar-refractivity contribution in [3.8, 4) is 0 Å². The third-order valence-electron chi connectivity index (χ3n) is 2.49. The number of nitrogens with one attached hydrogen (secondary N) is 3. The van der Waals surface area contributed by atoms with Gasteiger partial charge in [0.15, 0.2) is 5.69 Å². The molecule has 0 aliphatic heterocycles. The van der Waals surface area contributed by atoms with Crippen LogP contribution in [0.5, 0.6) is 0 Å². The van der Waals surface area contributed by atoms with Crippen molar-refractivity contribution in [2.75, 3.05) is 18.4 Å². The quantitative estimate of drug-likeness (QED) is 0.707. The molecule has 0 saturated heterocycles. The molecular weight excluding hydrogens is 244 g/mol. The summed E-state index contributed by atoms with van der Waals surface area (Å²) in [5, 5.41) is 13.6. The SMILES string of the molecule is CCNc1ccc(C(=O)NCCc2cnc[nH]2)nn1. The molecule has 2 heterocycles. The lowest BCUT2D eigenvalue weighted by molar-refractivity contribution is 0.0948. The van der Waals surface area contributed by atoms with Crippen molar-refractivity contribution in [3.05, 3.63) is 36.0 Å². The minimum atomic E-state index is -0.227. The van der Waals surface area contributed by atoms with Crippen molar-refractivity contribution in [1.29, 1.82) is 0 Å². The minimum Gasteiger partial charge on any atom is -0.369 e. The van der Waals surface area contributed by atoms with Crippen LogP contribution < -0.4 is 10.6 Å². The highest BCUT2D eigenvalue weighted by atomic mass is 16.1. The van der Waals surface area contributed by atoms with E-state index in [0.717, 1.165) is 12.2 Å². The first-order valence-corrected chi connectivity index (χ1v) is 6.12. The van der Waals surface area contributed by atoms with Gasteiger partial charge in [-0.05, 0) is 19.1 Å². The second-order valence-electron chi connectivity index (χ2n) is 3.92. The van der Waals surface area contributed by atoms with Crippen molar-refractivity contribution in [2.24, 2.45) is 0 Å². The highest BCUT2D eigenvalue weighted by Gasteiger charge is 2.07. The topological polar surface area (TPSA) is 95.6 Å². The van der Waals surface area contributed by atoms with Gasteiger partial charge < -0.3 is 15.6 Å². The number of rotatable bonds is 6. The molecular formula is C12H16N6O. The number of amides is 1. The van der Waals surface area contributed by atoms with Gasteiger partial charge in [-0.2, -0.15) is 0 Å². The molecule has 3 N–H and O–H groups in total. The number of carbonyl (C=O) groups excluding carboxylic acids is 1. The van der Waals surface area contributed by atoms with Crippen molar-refractivity contribution < 1.29 is 4.79 Å². The van der Waals surface area contributed by atoms with Gasteiger partial charge in [-0.25, -0.2) is 4.98 Å². The molecule has 0 atom stereocenters. The Morgan fingerprint density at radius 2 is 2.26 bits per heavy atom. The zero-order valence-corrected chi connectivity index (χ0v) is 10.7. The van der Waals surface area contributed by atoms with Crippen LogP contribution in [0.3, 0.4) is 0 Å². The lowest BCUT2D eigenvalue weighted by Crippen LogP contribution is -2.26. The van der Waals surface area contributed by atoms with Gasteiger partial charge in [0.05, 0.1) is 6.33 Å². The van der Waals surface area contributed by atoms with Gasteiger partial charge in [-0.15, -0.1) is 10.2 Å². The van der Waals surface area contributed by atoms with Gasteiger partial charge in [0.2, 0.25) is 0 Å². The van der Waals surface area contributed by atoms with Crippen LogP contribution in [0.15, 0.2) is 24.7 Å². The van der Waals surface area contributed by atoms with Crippen LogP contribution in [0.2, 0.25) is 0 Å². The molecule has 1 amide bonds. The number of aromatic amines is 1.